The van der Waals surface area contributed by atoms with Crippen LogP contribution in [0.15, 0.2) is 11.5 Å². The van der Waals surface area contributed by atoms with Gasteiger partial charge in [0, 0.05) is 5.38 Å². The van der Waals surface area contributed by atoms with Crippen molar-refractivity contribution in [3.8, 4) is 11.5 Å². The maximum atomic E-state index is 5.19. The van der Waals surface area contributed by atoms with E-state index in [4.69, 9.17) is 9.47 Å². The van der Waals surface area contributed by atoms with Crippen molar-refractivity contribution in [1.29, 1.82) is 0 Å². The van der Waals surface area contributed by atoms with Gasteiger partial charge in [-0.1, -0.05) is 6.08 Å². The van der Waals surface area contributed by atoms with Crippen molar-refractivity contribution in [1.82, 2.24) is 0 Å². The average molecular weight is 184 g/mol. The molecule has 66 valence electrons. The van der Waals surface area contributed by atoms with Crippen LogP contribution in [0, 0.1) is 0 Å². The molecule has 0 radical (unpaired) electrons. The summed E-state index contributed by atoms with van der Waals surface area (Å²) in [5.74, 6) is 1.62. The maximum absolute atomic E-state index is 5.19. The van der Waals surface area contributed by atoms with Crippen LogP contribution in [0.3, 0.4) is 0 Å². The van der Waals surface area contributed by atoms with Crippen molar-refractivity contribution in [2.45, 2.75) is 6.92 Å². The van der Waals surface area contributed by atoms with Gasteiger partial charge < -0.3 is 9.47 Å². The van der Waals surface area contributed by atoms with Gasteiger partial charge in [0.25, 0.3) is 0 Å². The predicted octanol–water partition coefficient (Wildman–Crippen LogP) is 2.80. The van der Waals surface area contributed by atoms with E-state index in [0.717, 1.165) is 16.4 Å². The second-order valence-electron chi connectivity index (χ2n) is 2.20. The highest BCUT2D eigenvalue weighted by Crippen LogP contribution is 2.37. The summed E-state index contributed by atoms with van der Waals surface area (Å²) in [5.41, 5.74) is 0. The summed E-state index contributed by atoms with van der Waals surface area (Å²) in [6, 6.07) is 0. The van der Waals surface area contributed by atoms with Crippen molar-refractivity contribution in [2.24, 2.45) is 0 Å². The fourth-order valence-electron chi connectivity index (χ4n) is 0.954. The second-order valence-corrected chi connectivity index (χ2v) is 3.11. The highest BCUT2D eigenvalue weighted by atomic mass is 32.1. The van der Waals surface area contributed by atoms with E-state index in [1.54, 1.807) is 25.6 Å². The van der Waals surface area contributed by atoms with Crippen LogP contribution in [0.5, 0.6) is 11.5 Å². The van der Waals surface area contributed by atoms with Crippen molar-refractivity contribution >= 4 is 17.4 Å². The average Bonchev–Trinajstić information content (AvgIpc) is 2.47. The van der Waals surface area contributed by atoms with E-state index in [1.165, 1.54) is 0 Å². The number of hydrogen-bond donors (Lipinski definition) is 0. The molecule has 0 aliphatic rings. The molecular weight excluding hydrogens is 172 g/mol. The van der Waals surface area contributed by atoms with Crippen LogP contribution < -0.4 is 9.47 Å². The van der Waals surface area contributed by atoms with Crippen LogP contribution in [0.4, 0.5) is 0 Å². The van der Waals surface area contributed by atoms with E-state index in [0.29, 0.717) is 0 Å². The highest BCUT2D eigenvalue weighted by Gasteiger charge is 2.09. The summed E-state index contributed by atoms with van der Waals surface area (Å²) in [7, 11) is 3.29. The zero-order valence-corrected chi connectivity index (χ0v) is 8.27. The molecule has 0 unspecified atom stereocenters. The van der Waals surface area contributed by atoms with Gasteiger partial charge in [0.2, 0.25) is 0 Å². The van der Waals surface area contributed by atoms with Gasteiger partial charge in [0.1, 0.15) is 0 Å². The lowest BCUT2D eigenvalue weighted by molar-refractivity contribution is 0.357. The molecule has 12 heavy (non-hydrogen) atoms. The molecular formula is C9H12O2S. The molecule has 1 aromatic heterocycles. The Morgan fingerprint density at radius 1 is 1.33 bits per heavy atom. The van der Waals surface area contributed by atoms with Crippen molar-refractivity contribution < 1.29 is 9.47 Å². The minimum absolute atomic E-state index is 0.801. The van der Waals surface area contributed by atoms with Crippen LogP contribution in [0.25, 0.3) is 6.08 Å². The van der Waals surface area contributed by atoms with Gasteiger partial charge >= 0.3 is 0 Å². The molecule has 0 aliphatic heterocycles. The third-order valence-electron chi connectivity index (χ3n) is 1.48. The first-order valence-corrected chi connectivity index (χ1v) is 4.53. The first-order chi connectivity index (χ1) is 5.83. The molecule has 0 spiro atoms. The summed E-state index contributed by atoms with van der Waals surface area (Å²) in [6.07, 6.45) is 3.99. The quantitative estimate of drug-likeness (QED) is 0.719. The highest BCUT2D eigenvalue weighted by molar-refractivity contribution is 7.11. The first kappa shape index (κ1) is 9.13. The minimum Gasteiger partial charge on any atom is -0.492 e. The molecule has 0 saturated carbocycles. The number of thiophene rings is 1. The maximum Gasteiger partial charge on any atom is 0.178 e. The Labute approximate surface area is 76.4 Å². The zero-order chi connectivity index (χ0) is 8.97. The Hall–Kier alpha value is -0.960. The van der Waals surface area contributed by atoms with E-state index in [-0.39, 0.29) is 0 Å². The molecule has 0 N–H and O–H groups in total. The van der Waals surface area contributed by atoms with Gasteiger partial charge in [0.15, 0.2) is 11.5 Å². The Morgan fingerprint density at radius 2 is 2.08 bits per heavy atom. The van der Waals surface area contributed by atoms with E-state index in [1.807, 2.05) is 24.5 Å². The summed E-state index contributed by atoms with van der Waals surface area (Å²) < 4.78 is 10.3. The largest absolute Gasteiger partial charge is 0.492 e. The van der Waals surface area contributed by atoms with E-state index in [2.05, 4.69) is 0 Å². The Kier molecular flexibility index (Phi) is 3.17. The van der Waals surface area contributed by atoms with Crippen molar-refractivity contribution in [3.05, 3.63) is 16.3 Å². The molecule has 0 saturated heterocycles. The smallest absolute Gasteiger partial charge is 0.178 e. The van der Waals surface area contributed by atoms with Gasteiger partial charge in [-0.05, 0) is 13.0 Å². The lowest BCUT2D eigenvalue weighted by Gasteiger charge is -2.01. The minimum atomic E-state index is 0.801. The molecule has 0 aliphatic carbocycles. The molecule has 0 atom stereocenters. The first-order valence-electron chi connectivity index (χ1n) is 3.65. The van der Waals surface area contributed by atoms with Crippen LogP contribution in [0.2, 0.25) is 0 Å². The number of rotatable bonds is 3. The molecule has 2 nitrogen and oxygen atoms in total. The number of allylic oxidation sites excluding steroid dienone is 1. The predicted molar refractivity (Wildman–Crippen MR) is 52.1 cm³/mol. The lowest BCUT2D eigenvalue weighted by Crippen LogP contribution is -1.86. The fourth-order valence-corrected chi connectivity index (χ4v) is 1.90. The third-order valence-corrected chi connectivity index (χ3v) is 2.39. The van der Waals surface area contributed by atoms with Gasteiger partial charge in [0.05, 0.1) is 19.1 Å². The fraction of sp³-hybridized carbons (Fsp3) is 0.333. The topological polar surface area (TPSA) is 18.5 Å². The number of methoxy groups -OCH3 is 2. The number of hydrogen-bond acceptors (Lipinski definition) is 3. The van der Waals surface area contributed by atoms with E-state index < -0.39 is 0 Å². The van der Waals surface area contributed by atoms with Crippen molar-refractivity contribution in [2.75, 3.05) is 14.2 Å². The van der Waals surface area contributed by atoms with Gasteiger partial charge in [-0.2, -0.15) is 0 Å². The molecule has 0 bridgehead atoms. The van der Waals surface area contributed by atoms with E-state index >= 15 is 0 Å². The van der Waals surface area contributed by atoms with Crippen LogP contribution >= 0.6 is 11.3 Å². The lowest BCUT2D eigenvalue weighted by atomic mass is 10.4. The molecule has 3 heteroatoms. The zero-order valence-electron chi connectivity index (χ0n) is 7.46. The summed E-state index contributed by atoms with van der Waals surface area (Å²) in [6.45, 7) is 1.98. The number of ether oxygens (including phenoxy) is 2. The molecule has 0 fully saturated rings. The third kappa shape index (κ3) is 1.61. The molecule has 0 aromatic carbocycles. The van der Waals surface area contributed by atoms with Crippen molar-refractivity contribution in [3.63, 3.8) is 0 Å². The summed E-state index contributed by atoms with van der Waals surface area (Å²) in [4.78, 5) is 1.09. The Morgan fingerprint density at radius 3 is 2.58 bits per heavy atom. The Balaban J connectivity index is 3.04. The molecule has 1 heterocycles. The molecule has 0 amide bonds. The van der Waals surface area contributed by atoms with Crippen LogP contribution in [-0.2, 0) is 0 Å². The van der Waals surface area contributed by atoms with Gasteiger partial charge in [-0.15, -0.1) is 11.3 Å². The Bertz CT molecular complexity index is 276. The van der Waals surface area contributed by atoms with E-state index in [9.17, 15) is 0 Å². The molecule has 1 rings (SSSR count). The van der Waals surface area contributed by atoms with Crippen LogP contribution in [-0.4, -0.2) is 14.2 Å². The SMILES string of the molecule is C/C=C/c1scc(OC)c1OC. The molecule has 1 aromatic rings. The second kappa shape index (κ2) is 4.16. The van der Waals surface area contributed by atoms with Crippen LogP contribution in [0.1, 0.15) is 11.8 Å². The monoisotopic (exact) mass is 184 g/mol. The van der Waals surface area contributed by atoms with Gasteiger partial charge in [-0.3, -0.25) is 0 Å². The van der Waals surface area contributed by atoms with Gasteiger partial charge in [-0.25, -0.2) is 0 Å². The normalized spacial score (nSPS) is 10.6. The summed E-state index contributed by atoms with van der Waals surface area (Å²) in [5, 5.41) is 1.94. The summed E-state index contributed by atoms with van der Waals surface area (Å²) >= 11 is 1.61. The standard InChI is InChI=1S/C9H12O2S/c1-4-5-8-9(11-3)7(10-2)6-12-8/h4-6H,1-3H3/b5-4+.